The predicted octanol–water partition coefficient (Wildman–Crippen LogP) is 4.85. The number of nitrogens with zero attached hydrogens (tertiary/aromatic N) is 2. The van der Waals surface area contributed by atoms with Crippen LogP contribution >= 0.6 is 0 Å². The maximum absolute atomic E-state index is 12.3. The summed E-state index contributed by atoms with van der Waals surface area (Å²) >= 11 is 0. The topological polar surface area (TPSA) is 135 Å². The fourth-order valence-corrected chi connectivity index (χ4v) is 5.29. The molecule has 4 aromatic rings. The van der Waals surface area contributed by atoms with Crippen molar-refractivity contribution < 1.29 is 29.4 Å². The smallest absolute Gasteiger partial charge is 0.243 e. The molecule has 0 radical (unpaired) electrons. The lowest BCUT2D eigenvalue weighted by atomic mass is 9.99. The van der Waals surface area contributed by atoms with Crippen molar-refractivity contribution in [1.82, 2.24) is 20.3 Å². The molecule has 2 amide bonds. The molecular weight excluding hydrogens is 548 g/mol. The summed E-state index contributed by atoms with van der Waals surface area (Å²) in [6, 6.07) is 23.7. The number of hydrogen-bond donors (Lipinski definition) is 4. The number of para-hydroxylation sites is 2. The van der Waals surface area contributed by atoms with Crippen molar-refractivity contribution >= 4 is 22.8 Å². The Kier molecular flexibility index (Phi) is 10.5. The average Bonchev–Trinajstić information content (AvgIpc) is 3.46. The number of nitrogens with one attached hydrogen (secondary N) is 2. The lowest BCUT2D eigenvalue weighted by Crippen LogP contribution is -2.32. The second kappa shape index (κ2) is 14.9. The molecule has 0 bridgehead atoms. The summed E-state index contributed by atoms with van der Waals surface area (Å²) in [5.74, 6) is -0.453. The number of unbranched alkanes of at least 4 members (excludes halogenated alkanes) is 2. The molecule has 0 unspecified atom stereocenters. The molecular formula is C33H38N4O6. The number of carbonyl (C=O) groups is 2. The van der Waals surface area contributed by atoms with Crippen LogP contribution in [0.5, 0.6) is 0 Å². The van der Waals surface area contributed by atoms with E-state index in [4.69, 9.17) is 14.7 Å². The number of aromatic nitrogens is 2. The van der Waals surface area contributed by atoms with E-state index in [-0.39, 0.29) is 31.1 Å². The van der Waals surface area contributed by atoms with E-state index in [9.17, 15) is 14.7 Å². The molecule has 2 heterocycles. The Hall–Kier alpha value is -4.09. The van der Waals surface area contributed by atoms with Crippen LogP contribution in [0.3, 0.4) is 0 Å². The zero-order chi connectivity index (χ0) is 30.0. The average molecular weight is 587 g/mol. The van der Waals surface area contributed by atoms with Crippen LogP contribution in [0, 0.1) is 0 Å². The molecule has 226 valence electrons. The number of rotatable bonds is 13. The number of amides is 2. The van der Waals surface area contributed by atoms with E-state index in [0.29, 0.717) is 38.8 Å². The van der Waals surface area contributed by atoms with E-state index in [1.807, 2.05) is 73.1 Å². The summed E-state index contributed by atoms with van der Waals surface area (Å²) in [6.07, 6.45) is 4.30. The van der Waals surface area contributed by atoms with Gasteiger partial charge in [-0.3, -0.25) is 14.8 Å². The van der Waals surface area contributed by atoms with Gasteiger partial charge in [-0.1, -0.05) is 67.1 Å². The molecule has 3 atom stereocenters. The third-order valence-electron chi connectivity index (χ3n) is 7.72. The molecule has 0 saturated carbocycles. The van der Waals surface area contributed by atoms with Gasteiger partial charge in [-0.15, -0.1) is 0 Å². The van der Waals surface area contributed by atoms with Crippen LogP contribution in [0.1, 0.15) is 73.2 Å². The lowest BCUT2D eigenvalue weighted by molar-refractivity contribution is -0.252. The molecule has 1 aliphatic rings. The summed E-state index contributed by atoms with van der Waals surface area (Å²) in [7, 11) is 0. The highest BCUT2D eigenvalue weighted by Crippen LogP contribution is 2.38. The highest BCUT2D eigenvalue weighted by molar-refractivity contribution is 5.76. The number of carbonyl (C=O) groups excluding carboxylic acids is 2. The first-order chi connectivity index (χ1) is 21.0. The summed E-state index contributed by atoms with van der Waals surface area (Å²) in [4.78, 5) is 27.8. The minimum atomic E-state index is -0.576. The van der Waals surface area contributed by atoms with Crippen molar-refractivity contribution in [2.45, 2.75) is 76.7 Å². The number of hydrogen-bond acceptors (Lipinski definition) is 7. The van der Waals surface area contributed by atoms with Crippen LogP contribution in [0.15, 0.2) is 79.1 Å². The van der Waals surface area contributed by atoms with Gasteiger partial charge in [-0.2, -0.15) is 0 Å². The zero-order valence-corrected chi connectivity index (χ0v) is 24.0. The van der Waals surface area contributed by atoms with Gasteiger partial charge in [0.25, 0.3) is 0 Å². The maximum atomic E-state index is 12.3. The molecule has 1 fully saturated rings. The van der Waals surface area contributed by atoms with E-state index in [0.717, 1.165) is 39.7 Å². The SMILES string of the molecule is O=C(CCCCCC(=O)NCc1ccc([C@H]2O[C@@H](Cn3cnc4ccccc43)C[C@@H](c3ccc(CO)cc3)O2)cc1)NO. The Morgan fingerprint density at radius 1 is 0.860 bits per heavy atom. The largest absolute Gasteiger partial charge is 0.392 e. The van der Waals surface area contributed by atoms with E-state index < -0.39 is 12.2 Å². The molecule has 1 aliphatic heterocycles. The highest BCUT2D eigenvalue weighted by Gasteiger charge is 2.32. The van der Waals surface area contributed by atoms with Crippen molar-refractivity contribution in [2.24, 2.45) is 0 Å². The third kappa shape index (κ3) is 8.26. The molecule has 0 aliphatic carbocycles. The zero-order valence-electron chi connectivity index (χ0n) is 24.0. The van der Waals surface area contributed by atoms with E-state index in [1.54, 1.807) is 5.48 Å². The first kappa shape index (κ1) is 30.4. The van der Waals surface area contributed by atoms with Crippen LogP contribution in [0.4, 0.5) is 0 Å². The van der Waals surface area contributed by atoms with Gasteiger partial charge in [0, 0.05) is 31.4 Å². The Balaban J connectivity index is 1.21. The number of aliphatic hydroxyl groups is 1. The first-order valence-electron chi connectivity index (χ1n) is 14.7. The van der Waals surface area contributed by atoms with Crippen molar-refractivity contribution in [3.8, 4) is 0 Å². The van der Waals surface area contributed by atoms with Gasteiger partial charge in [0.15, 0.2) is 6.29 Å². The normalized spacial score (nSPS) is 18.4. The Morgan fingerprint density at radius 3 is 2.30 bits per heavy atom. The molecule has 43 heavy (non-hydrogen) atoms. The maximum Gasteiger partial charge on any atom is 0.243 e. The van der Waals surface area contributed by atoms with E-state index in [2.05, 4.69) is 20.9 Å². The fraction of sp³-hybridized carbons (Fsp3) is 0.364. The lowest BCUT2D eigenvalue weighted by Gasteiger charge is -2.36. The van der Waals surface area contributed by atoms with Gasteiger partial charge in [-0.25, -0.2) is 10.5 Å². The Bertz CT molecular complexity index is 1490. The van der Waals surface area contributed by atoms with Crippen molar-refractivity contribution in [2.75, 3.05) is 0 Å². The molecule has 1 saturated heterocycles. The molecule has 10 heteroatoms. The number of ether oxygens (including phenoxy) is 2. The molecule has 5 rings (SSSR count). The van der Waals surface area contributed by atoms with Gasteiger partial charge in [0.05, 0.1) is 42.7 Å². The minimum absolute atomic E-state index is 0.00776. The molecule has 3 aromatic carbocycles. The van der Waals surface area contributed by atoms with Crippen LogP contribution < -0.4 is 10.8 Å². The third-order valence-corrected chi connectivity index (χ3v) is 7.72. The number of fused-ring (bicyclic) bond motifs is 1. The van der Waals surface area contributed by atoms with Gasteiger partial charge < -0.3 is 24.5 Å². The van der Waals surface area contributed by atoms with Gasteiger partial charge in [-0.05, 0) is 41.7 Å². The van der Waals surface area contributed by atoms with Crippen LogP contribution in [-0.4, -0.2) is 37.8 Å². The second-order valence-corrected chi connectivity index (χ2v) is 10.8. The van der Waals surface area contributed by atoms with Crippen LogP contribution in [0.2, 0.25) is 0 Å². The van der Waals surface area contributed by atoms with E-state index in [1.165, 1.54) is 0 Å². The number of imidazole rings is 1. The molecule has 0 spiro atoms. The second-order valence-electron chi connectivity index (χ2n) is 10.8. The summed E-state index contributed by atoms with van der Waals surface area (Å²) in [5.41, 5.74) is 7.34. The predicted molar refractivity (Wildman–Crippen MR) is 159 cm³/mol. The molecule has 10 nitrogen and oxygen atoms in total. The summed E-state index contributed by atoms with van der Waals surface area (Å²) in [6.45, 7) is 1.03. The first-order valence-corrected chi connectivity index (χ1v) is 14.7. The molecule has 4 N–H and O–H groups in total. The number of aliphatic hydroxyl groups excluding tert-OH is 1. The van der Waals surface area contributed by atoms with Gasteiger partial charge in [0.2, 0.25) is 11.8 Å². The molecule has 1 aromatic heterocycles. The Morgan fingerprint density at radius 2 is 1.56 bits per heavy atom. The number of benzene rings is 3. The minimum Gasteiger partial charge on any atom is -0.392 e. The van der Waals surface area contributed by atoms with Crippen LogP contribution in [-0.2, 0) is 38.8 Å². The van der Waals surface area contributed by atoms with Crippen molar-refractivity contribution in [1.29, 1.82) is 0 Å². The van der Waals surface area contributed by atoms with Crippen LogP contribution in [0.25, 0.3) is 11.0 Å². The Labute approximate surface area is 250 Å². The van der Waals surface area contributed by atoms with E-state index >= 15 is 0 Å². The number of hydroxylamine groups is 1. The van der Waals surface area contributed by atoms with Gasteiger partial charge >= 0.3 is 0 Å². The highest BCUT2D eigenvalue weighted by atomic mass is 16.7. The quantitative estimate of drug-likeness (QED) is 0.1000. The standard InChI is InChI=1S/C33H38N4O6/c38-21-24-12-14-25(15-13-24)30-18-27(20-37-22-35-28-6-4-5-7-29(28)37)42-33(43-30)26-16-10-23(11-17-26)19-34-31(39)8-2-1-3-9-32(40)36-41/h4-7,10-17,22,27,30,33,38,41H,1-3,8-9,18-21H2,(H,34,39)(H,36,40)/t27-,30+,33+/m1/s1. The van der Waals surface area contributed by atoms with Gasteiger partial charge in [0.1, 0.15) is 0 Å². The fourth-order valence-electron chi connectivity index (χ4n) is 5.29. The monoisotopic (exact) mass is 586 g/mol. The summed E-state index contributed by atoms with van der Waals surface area (Å²) < 4.78 is 15.1. The summed E-state index contributed by atoms with van der Waals surface area (Å²) in [5, 5.41) is 20.9. The van der Waals surface area contributed by atoms with Crippen molar-refractivity contribution in [3.63, 3.8) is 0 Å². The van der Waals surface area contributed by atoms with Crippen molar-refractivity contribution in [3.05, 3.63) is 101 Å².